The topological polar surface area (TPSA) is 85.8 Å². The molecule has 2 N–H and O–H groups in total. The van der Waals surface area contributed by atoms with Gasteiger partial charge in [-0.1, -0.05) is 12.1 Å². The summed E-state index contributed by atoms with van der Waals surface area (Å²) in [6, 6.07) is 8.87. The van der Waals surface area contributed by atoms with Crippen LogP contribution in [0.25, 0.3) is 11.0 Å². The zero-order chi connectivity index (χ0) is 20.4. The third-order valence-electron chi connectivity index (χ3n) is 4.20. The second-order valence-corrected chi connectivity index (χ2v) is 6.44. The molecular weight excluding hydrogens is 370 g/mol. The predicted molar refractivity (Wildman–Crippen MR) is 101 cm³/mol. The molecule has 28 heavy (non-hydrogen) atoms. The van der Waals surface area contributed by atoms with Crippen LogP contribution >= 0.6 is 0 Å². The number of rotatable bonds is 4. The third-order valence-corrected chi connectivity index (χ3v) is 4.20. The number of nitrogens with two attached hydrogens (primary N) is 1. The molecule has 0 bridgehead atoms. The van der Waals surface area contributed by atoms with Gasteiger partial charge in [-0.2, -0.15) is 0 Å². The maximum atomic E-state index is 14.4. The van der Waals surface area contributed by atoms with E-state index in [1.54, 1.807) is 24.3 Å². The number of alkyl halides is 1. The number of nitrogen functional groups attached to an aromatic ring is 1. The lowest BCUT2D eigenvalue weighted by Crippen LogP contribution is -2.25. The zero-order valence-corrected chi connectivity index (χ0v) is 15.3. The number of carbonyl (C=O) groups is 1. The second-order valence-electron chi connectivity index (χ2n) is 6.44. The van der Waals surface area contributed by atoms with Crippen LogP contribution in [0.2, 0.25) is 0 Å². The summed E-state index contributed by atoms with van der Waals surface area (Å²) < 4.78 is 38.4. The number of hydrogen-bond acceptors (Lipinski definition) is 5. The van der Waals surface area contributed by atoms with E-state index in [0.29, 0.717) is 11.3 Å². The van der Waals surface area contributed by atoms with Gasteiger partial charge in [-0.05, 0) is 23.8 Å². The Balaban J connectivity index is 2.11. The van der Waals surface area contributed by atoms with Gasteiger partial charge >= 0.3 is 11.7 Å². The van der Waals surface area contributed by atoms with Crippen molar-refractivity contribution in [2.75, 3.05) is 19.8 Å². The quantitative estimate of drug-likeness (QED) is 0.545. The van der Waals surface area contributed by atoms with Crippen molar-refractivity contribution >= 4 is 22.7 Å². The Bertz CT molecular complexity index is 1110. The minimum absolute atomic E-state index is 0.0260. The lowest BCUT2D eigenvalue weighted by atomic mass is 9.99. The van der Waals surface area contributed by atoms with Crippen LogP contribution in [-0.2, 0) is 13.1 Å². The summed E-state index contributed by atoms with van der Waals surface area (Å²) in [6.07, 6.45) is -0.716. The van der Waals surface area contributed by atoms with Gasteiger partial charge in [0.2, 0.25) is 0 Å². The molecule has 1 amide bonds. The van der Waals surface area contributed by atoms with Crippen LogP contribution in [0.4, 0.5) is 19.3 Å². The van der Waals surface area contributed by atoms with E-state index in [1.165, 1.54) is 14.1 Å². The van der Waals surface area contributed by atoms with Gasteiger partial charge in [0.25, 0.3) is 0 Å². The fourth-order valence-corrected chi connectivity index (χ4v) is 2.80. The second kappa shape index (κ2) is 7.67. The van der Waals surface area contributed by atoms with Crippen molar-refractivity contribution in [3.8, 4) is 5.75 Å². The molecule has 0 fully saturated rings. The van der Waals surface area contributed by atoms with Crippen molar-refractivity contribution in [1.29, 1.82) is 0 Å². The number of carbonyl (C=O) groups excluding carboxylic acids is 1. The number of amides is 1. The Labute approximate surface area is 159 Å². The first-order valence-electron chi connectivity index (χ1n) is 8.37. The molecule has 3 rings (SSSR count). The van der Waals surface area contributed by atoms with E-state index in [-0.39, 0.29) is 28.5 Å². The highest BCUT2D eigenvalue weighted by Gasteiger charge is 2.19. The van der Waals surface area contributed by atoms with E-state index >= 15 is 0 Å². The molecule has 0 saturated carbocycles. The van der Waals surface area contributed by atoms with Gasteiger partial charge in [0.05, 0.1) is 0 Å². The number of nitrogens with zero attached hydrogens (tertiary/aromatic N) is 1. The standard InChI is InChI=1S/C20H18F2N2O4/c1-24(2)20(26)28-18-9-17-13(8-16(18)22)15(10-21)14(19(25)27-17)7-11-4-3-5-12(23)6-11/h3-6,8-9H,7,10,23H2,1-2H3. The summed E-state index contributed by atoms with van der Waals surface area (Å²) in [7, 11) is 2.87. The molecule has 1 aromatic heterocycles. The van der Waals surface area contributed by atoms with Gasteiger partial charge in [-0.3, -0.25) is 0 Å². The lowest BCUT2D eigenvalue weighted by Gasteiger charge is -2.13. The van der Waals surface area contributed by atoms with Gasteiger partial charge in [-0.25, -0.2) is 18.4 Å². The Morgan fingerprint density at radius 2 is 1.96 bits per heavy atom. The number of halogens is 2. The average molecular weight is 388 g/mol. The number of fused-ring (bicyclic) bond motifs is 1. The molecule has 1 heterocycles. The predicted octanol–water partition coefficient (Wildman–Crippen LogP) is 3.64. The zero-order valence-electron chi connectivity index (χ0n) is 15.3. The van der Waals surface area contributed by atoms with E-state index < -0.39 is 30.0 Å². The number of hydrogen-bond donors (Lipinski definition) is 1. The molecule has 0 saturated heterocycles. The van der Waals surface area contributed by atoms with Crippen molar-refractivity contribution in [3.63, 3.8) is 0 Å². The largest absolute Gasteiger partial charge is 0.422 e. The Morgan fingerprint density at radius 1 is 1.21 bits per heavy atom. The minimum Gasteiger partial charge on any atom is -0.422 e. The molecule has 0 radical (unpaired) electrons. The first-order valence-corrected chi connectivity index (χ1v) is 8.37. The van der Waals surface area contributed by atoms with Crippen LogP contribution in [-0.4, -0.2) is 25.1 Å². The molecule has 0 unspecified atom stereocenters. The van der Waals surface area contributed by atoms with Crippen molar-refractivity contribution in [1.82, 2.24) is 4.90 Å². The van der Waals surface area contributed by atoms with Gasteiger partial charge in [0.1, 0.15) is 12.3 Å². The third kappa shape index (κ3) is 3.80. The maximum absolute atomic E-state index is 14.4. The minimum atomic E-state index is -0.990. The Kier molecular flexibility index (Phi) is 5.30. The molecule has 0 aliphatic rings. The van der Waals surface area contributed by atoms with Gasteiger partial charge in [0, 0.05) is 48.8 Å². The molecule has 0 aliphatic heterocycles. The van der Waals surface area contributed by atoms with E-state index in [4.69, 9.17) is 14.9 Å². The first kappa shape index (κ1) is 19.3. The molecular formula is C20H18F2N2O4. The number of ether oxygens (including phenoxy) is 1. The summed E-state index contributed by atoms with van der Waals surface area (Å²) >= 11 is 0. The van der Waals surface area contributed by atoms with Crippen molar-refractivity contribution in [3.05, 3.63) is 69.3 Å². The van der Waals surface area contributed by atoms with E-state index in [9.17, 15) is 18.4 Å². The first-order chi connectivity index (χ1) is 13.3. The summed E-state index contributed by atoms with van der Waals surface area (Å²) in [6.45, 7) is -0.990. The van der Waals surface area contributed by atoms with E-state index in [2.05, 4.69) is 0 Å². The monoisotopic (exact) mass is 388 g/mol. The summed E-state index contributed by atoms with van der Waals surface area (Å²) in [5.74, 6) is -1.29. The molecule has 3 aromatic rings. The van der Waals surface area contributed by atoms with Crippen LogP contribution in [0.15, 0.2) is 45.6 Å². The molecule has 0 atom stereocenters. The average Bonchev–Trinajstić information content (AvgIpc) is 2.63. The van der Waals surface area contributed by atoms with Gasteiger partial charge in [-0.15, -0.1) is 0 Å². The highest BCUT2D eigenvalue weighted by atomic mass is 19.1. The maximum Gasteiger partial charge on any atom is 0.414 e. The van der Waals surface area contributed by atoms with Gasteiger partial charge < -0.3 is 19.8 Å². The van der Waals surface area contributed by atoms with Crippen molar-refractivity contribution in [2.24, 2.45) is 0 Å². The molecule has 6 nitrogen and oxygen atoms in total. The van der Waals surface area contributed by atoms with E-state index in [1.807, 2.05) is 0 Å². The highest BCUT2D eigenvalue weighted by Crippen LogP contribution is 2.29. The summed E-state index contributed by atoms with van der Waals surface area (Å²) in [5, 5.41) is 0.100. The van der Waals surface area contributed by atoms with Crippen molar-refractivity contribution in [2.45, 2.75) is 13.1 Å². The fourth-order valence-electron chi connectivity index (χ4n) is 2.80. The Morgan fingerprint density at radius 3 is 2.61 bits per heavy atom. The molecule has 0 spiro atoms. The summed E-state index contributed by atoms with van der Waals surface area (Å²) in [5.41, 5.74) is 6.22. The smallest absolute Gasteiger partial charge is 0.414 e. The van der Waals surface area contributed by atoms with Crippen LogP contribution in [0.1, 0.15) is 16.7 Å². The molecule has 146 valence electrons. The van der Waals surface area contributed by atoms with Gasteiger partial charge in [0.15, 0.2) is 11.6 Å². The lowest BCUT2D eigenvalue weighted by molar-refractivity contribution is 0.170. The van der Waals surface area contributed by atoms with Crippen molar-refractivity contribution < 1.29 is 22.7 Å². The van der Waals surface area contributed by atoms with Crippen LogP contribution < -0.4 is 16.1 Å². The normalized spacial score (nSPS) is 10.9. The molecule has 0 aliphatic carbocycles. The molecule has 2 aromatic carbocycles. The van der Waals surface area contributed by atoms with Crippen LogP contribution in [0, 0.1) is 5.82 Å². The Hall–Kier alpha value is -3.42. The number of anilines is 1. The van der Waals surface area contributed by atoms with Crippen LogP contribution in [0.3, 0.4) is 0 Å². The fraction of sp³-hybridized carbons (Fsp3) is 0.200. The number of benzene rings is 2. The highest BCUT2D eigenvalue weighted by molar-refractivity contribution is 5.84. The summed E-state index contributed by atoms with van der Waals surface area (Å²) in [4.78, 5) is 25.2. The SMILES string of the molecule is CN(C)C(=O)Oc1cc2oc(=O)c(Cc3cccc(N)c3)c(CF)c2cc1F. The van der Waals surface area contributed by atoms with Crippen LogP contribution in [0.5, 0.6) is 5.75 Å². The van der Waals surface area contributed by atoms with E-state index in [0.717, 1.165) is 17.0 Å². The molecule has 8 heteroatoms.